The first-order valence-corrected chi connectivity index (χ1v) is 53.6. The fourth-order valence-corrected chi connectivity index (χ4v) is 23.3. The zero-order chi connectivity index (χ0) is 107. The van der Waals surface area contributed by atoms with Crippen molar-refractivity contribution in [2.45, 2.75) is 138 Å². The molecule has 7 amide bonds. The molecule has 5 aromatic heterocycles. The highest BCUT2D eigenvalue weighted by atomic mass is 35.5. The summed E-state index contributed by atoms with van der Waals surface area (Å²) in [7, 11) is -0.0496. The van der Waals surface area contributed by atoms with Gasteiger partial charge in [-0.25, -0.2) is 30.7 Å². The van der Waals surface area contributed by atoms with E-state index >= 15 is 0 Å². The average molecular weight is 2240 g/mol. The van der Waals surface area contributed by atoms with Crippen LogP contribution in [0.1, 0.15) is 164 Å². The Hall–Kier alpha value is -10.4. The van der Waals surface area contributed by atoms with Crippen molar-refractivity contribution in [3.05, 3.63) is 284 Å². The third-order valence-electron chi connectivity index (χ3n) is 25.5. The van der Waals surface area contributed by atoms with Gasteiger partial charge in [-0.15, -0.1) is 0 Å². The number of nitrogens with zero attached hydrogens (tertiary/aromatic N) is 13. The van der Waals surface area contributed by atoms with Crippen molar-refractivity contribution in [1.82, 2.24) is 73.6 Å². The number of aromatic nitrogens is 5. The van der Waals surface area contributed by atoms with Crippen LogP contribution in [0.3, 0.4) is 0 Å². The molecule has 0 radical (unpaired) electrons. The van der Waals surface area contributed by atoms with Crippen LogP contribution in [0.4, 0.5) is 4.79 Å². The Bertz CT molecular complexity index is 7270. The smallest absolute Gasteiger partial charge is 0.410 e. The molecule has 1 saturated heterocycles. The van der Waals surface area contributed by atoms with Crippen molar-refractivity contribution in [2.75, 3.05) is 99.4 Å². The molecular weight excluding hydrogens is 2130 g/mol. The standard InChI is InChI=1S/C23H22Cl2N4O3S.C23H28Cl2N4O3.C20H22Cl2N4O3S.C19H20Cl2N4O2.C18H20Cl2N4O/c1-14-18(12-26)21(17-8-7-15(24)11-19(17)25)22-20(28-14)13-29(23(22)30)10-9-27-33(31,32)16-5-3-2-4-6-16;1-13-16(11-26)19(15-7-6-14(24)10-17(15)25)20-18(27-13)12-29(21(20)30)9-8-28(5)22(31)32-23(2,3)4;1-12-15(10-23)18(14-4-3-13(21)9-16(14)22)19-17(24-12)11-25(20(19)27)6-7-26-5-2-8-30(26,28)29;1-10-13(7-22)17(12-5-4-11(20)6-14(12)21)18-15(23-10)8-25(19(18)27)9-16(26)24(2)3;1-10-13(8-21)16(12-4-3-11(19)7-14(12)20)17-15(23-10)9-24(18(17)25)6-5-22-2/h2-8,11,27H,9-10,12-13,26H2,1H3;6-7,10H,8-9,11-12,26H2,1-5H3;3-4,9H,2,5-8,10-11,23H2,1H3;4-6H,7-9,22H2,1-3H3;3-4,7,22H,5-6,8-9,21H2,1-2H3. The number of carbonyl (C=O) groups is 7. The second-order valence-corrected chi connectivity index (χ2v) is 44.7. The number of hydrogen-bond acceptors (Lipinski definition) is 23. The molecule has 1 fully saturated rings. The Morgan fingerprint density at radius 2 is 0.707 bits per heavy atom. The molecule has 32 nitrogen and oxygen atoms in total. The maximum Gasteiger partial charge on any atom is 0.410 e. The van der Waals surface area contributed by atoms with E-state index in [1.165, 1.54) is 31.1 Å². The summed E-state index contributed by atoms with van der Waals surface area (Å²) in [6, 6.07) is 33.9. The molecular formula is C103H112Cl10N20O12S2. The number of amides is 7. The molecule has 147 heavy (non-hydrogen) atoms. The lowest BCUT2D eigenvalue weighted by Gasteiger charge is -2.26. The topological polar surface area (TPSA) is 442 Å². The summed E-state index contributed by atoms with van der Waals surface area (Å²) in [6.45, 7) is 20.9. The number of likely N-dealkylation sites (N-methyl/N-ethyl adjacent to an activating group) is 3. The SMILES string of the molecule is CNCCN1Cc2nc(C)c(CN)c(-c3ccc(Cl)cc3Cl)c2C1=O.Cc1nc2c(c(-c3ccc(Cl)cc3Cl)c1CN)C(=O)N(CC(=O)N(C)C)C2.Cc1nc2c(c(-c3ccc(Cl)cc3Cl)c1CN)C(=O)N(CCN(C)C(=O)OC(C)(C)C)C2.Cc1nc2c(c(-c3ccc(Cl)cc3Cl)c1CN)C(=O)N(CCN1CCCS1(=O)=O)C2.Cc1nc2c(c(-c3ccc(Cl)cc3Cl)c1CN)C(=O)N(CCNS(=O)(=O)c1ccccc1)C2. The first-order valence-electron chi connectivity index (χ1n) is 46.8. The number of pyridine rings is 5. The summed E-state index contributed by atoms with van der Waals surface area (Å²) < 4.78 is 58.5. The molecule has 778 valence electrons. The molecule has 6 aliphatic rings. The van der Waals surface area contributed by atoms with Gasteiger partial charge in [-0.05, 0) is 169 Å². The van der Waals surface area contributed by atoms with E-state index in [4.69, 9.17) is 149 Å². The molecule has 6 aliphatic heterocycles. The third kappa shape index (κ3) is 25.3. The second kappa shape index (κ2) is 48.3. The van der Waals surface area contributed by atoms with E-state index in [-0.39, 0.29) is 118 Å². The lowest BCUT2D eigenvalue weighted by molar-refractivity contribution is -0.129. The Morgan fingerprint density at radius 1 is 0.415 bits per heavy atom. The first kappa shape index (κ1) is 114. The van der Waals surface area contributed by atoms with Crippen molar-refractivity contribution in [3.8, 4) is 55.6 Å². The van der Waals surface area contributed by atoms with Crippen LogP contribution in [-0.2, 0) is 95.0 Å². The molecule has 0 unspecified atom stereocenters. The number of hydrogen-bond donors (Lipinski definition) is 7. The highest BCUT2D eigenvalue weighted by Crippen LogP contribution is 2.47. The maximum atomic E-state index is 13.4. The van der Waals surface area contributed by atoms with Gasteiger partial charge in [0.2, 0.25) is 26.0 Å². The number of halogens is 10. The number of rotatable bonds is 26. The molecule has 0 bridgehead atoms. The zero-order valence-corrected chi connectivity index (χ0v) is 92.0. The predicted molar refractivity (Wildman–Crippen MR) is 578 cm³/mol. The fourth-order valence-electron chi connectivity index (χ4n) is 18.3. The van der Waals surface area contributed by atoms with Gasteiger partial charge in [0.1, 0.15) is 12.1 Å². The van der Waals surface area contributed by atoms with Crippen molar-refractivity contribution < 1.29 is 55.1 Å². The summed E-state index contributed by atoms with van der Waals surface area (Å²) in [5.74, 6) is -0.867. The summed E-state index contributed by atoms with van der Waals surface area (Å²) >= 11 is 62.5. The molecule has 11 heterocycles. The quantitative estimate of drug-likeness (QED) is 0.0265. The predicted octanol–water partition coefficient (Wildman–Crippen LogP) is 17.1. The zero-order valence-electron chi connectivity index (χ0n) is 82.8. The summed E-state index contributed by atoms with van der Waals surface area (Å²) in [6.07, 6.45) is 0.186. The maximum absolute atomic E-state index is 13.4. The van der Waals surface area contributed by atoms with Crippen molar-refractivity contribution in [1.29, 1.82) is 0 Å². The molecule has 17 rings (SSSR count). The van der Waals surface area contributed by atoms with Crippen LogP contribution in [-0.4, -0.2) is 227 Å². The van der Waals surface area contributed by atoms with Gasteiger partial charge in [0.25, 0.3) is 29.5 Å². The molecule has 11 aromatic rings. The lowest BCUT2D eigenvalue weighted by Crippen LogP contribution is -2.39. The molecule has 44 heteroatoms. The fraction of sp³-hybridized carbons (Fsp3) is 0.340. The minimum Gasteiger partial charge on any atom is -0.444 e. The minimum atomic E-state index is -3.67. The normalized spacial score (nSPS) is 14.4. The van der Waals surface area contributed by atoms with Crippen LogP contribution in [0.5, 0.6) is 0 Å². The number of fused-ring (bicyclic) bond motifs is 5. The van der Waals surface area contributed by atoms with Crippen LogP contribution in [0, 0.1) is 34.6 Å². The second-order valence-electron chi connectivity index (χ2n) is 36.6. The van der Waals surface area contributed by atoms with Gasteiger partial charge in [0, 0.05) is 247 Å². The van der Waals surface area contributed by atoms with Gasteiger partial charge >= 0.3 is 6.09 Å². The van der Waals surface area contributed by atoms with E-state index in [2.05, 4.69) is 35.0 Å². The monoisotopic (exact) mass is 2230 g/mol. The van der Waals surface area contributed by atoms with Gasteiger partial charge in [-0.3, -0.25) is 53.7 Å². The van der Waals surface area contributed by atoms with Crippen LogP contribution in [0.2, 0.25) is 50.2 Å². The van der Waals surface area contributed by atoms with Crippen LogP contribution in [0.25, 0.3) is 55.6 Å². The highest BCUT2D eigenvalue weighted by molar-refractivity contribution is 7.89. The van der Waals surface area contributed by atoms with E-state index < -0.39 is 31.7 Å². The number of nitrogens with two attached hydrogens (primary N) is 5. The van der Waals surface area contributed by atoms with E-state index in [1.807, 2.05) is 68.5 Å². The number of aryl methyl sites for hydroxylation is 5. The molecule has 0 saturated carbocycles. The van der Waals surface area contributed by atoms with Gasteiger partial charge in [0.15, 0.2) is 0 Å². The molecule has 0 atom stereocenters. The Balaban J connectivity index is 0.000000154. The number of carbonyl (C=O) groups excluding carboxylic acids is 7. The van der Waals surface area contributed by atoms with E-state index in [0.29, 0.717) is 204 Å². The number of ether oxygens (including phenoxy) is 1. The summed E-state index contributed by atoms with van der Waals surface area (Å²) in [5.41, 5.74) is 49.8. The van der Waals surface area contributed by atoms with Gasteiger partial charge < -0.3 is 73.0 Å². The average Bonchev–Trinajstić information content (AvgIpc) is 1.64. The van der Waals surface area contributed by atoms with E-state index in [0.717, 1.165) is 79.7 Å². The van der Waals surface area contributed by atoms with Crippen molar-refractivity contribution in [3.63, 3.8) is 0 Å². The highest BCUT2D eigenvalue weighted by Gasteiger charge is 2.42. The van der Waals surface area contributed by atoms with Gasteiger partial charge in [-0.1, -0.05) is 165 Å². The summed E-state index contributed by atoms with van der Waals surface area (Å²) in [5, 5.41) is 7.82. The Morgan fingerprint density at radius 3 is 0.986 bits per heavy atom. The Kier molecular flexibility index (Phi) is 37.4. The van der Waals surface area contributed by atoms with Crippen molar-refractivity contribution >= 4 is 178 Å². The molecule has 0 aliphatic carbocycles. The molecule has 0 spiro atoms. The van der Waals surface area contributed by atoms with Gasteiger partial charge in [-0.2, -0.15) is 0 Å². The third-order valence-corrected chi connectivity index (χ3v) is 31.7. The number of benzene rings is 6. The largest absolute Gasteiger partial charge is 0.444 e. The van der Waals surface area contributed by atoms with E-state index in [1.54, 1.807) is 144 Å². The number of sulfonamides is 2. The minimum absolute atomic E-state index is 0.00696. The van der Waals surface area contributed by atoms with Crippen LogP contribution in [0.15, 0.2) is 126 Å². The number of nitrogens with one attached hydrogen (secondary N) is 2. The van der Waals surface area contributed by atoms with Crippen LogP contribution >= 0.6 is 116 Å². The first-order chi connectivity index (χ1) is 69.6. The lowest BCUT2D eigenvalue weighted by atomic mass is 9.93. The van der Waals surface area contributed by atoms with Crippen molar-refractivity contribution in [2.24, 2.45) is 28.7 Å². The molecule has 12 N–H and O–H groups in total. The molecule has 6 aromatic carbocycles. The summed E-state index contributed by atoms with van der Waals surface area (Å²) in [4.78, 5) is 125. The van der Waals surface area contributed by atoms with E-state index in [9.17, 15) is 50.4 Å². The van der Waals surface area contributed by atoms with Crippen LogP contribution < -0.4 is 38.7 Å². The Labute approximate surface area is 904 Å². The van der Waals surface area contributed by atoms with Gasteiger partial charge in [0.05, 0.1) is 99.7 Å².